The number of anilines is 1. The summed E-state index contributed by atoms with van der Waals surface area (Å²) in [6.07, 6.45) is 3.26. The first kappa shape index (κ1) is 16.5. The van der Waals surface area contributed by atoms with E-state index >= 15 is 0 Å². The molecule has 0 atom stereocenters. The van der Waals surface area contributed by atoms with Gasteiger partial charge in [-0.1, -0.05) is 24.3 Å². The summed E-state index contributed by atoms with van der Waals surface area (Å²) >= 11 is 0. The number of benzene rings is 1. The van der Waals surface area contributed by atoms with Gasteiger partial charge in [-0.25, -0.2) is 0 Å². The number of amides is 2. The Morgan fingerprint density at radius 1 is 1.29 bits per heavy atom. The Bertz CT molecular complexity index is 611. The number of nitrogens with one attached hydrogen (secondary N) is 1. The third-order valence-electron chi connectivity index (χ3n) is 4.88. The molecule has 0 bridgehead atoms. The highest BCUT2D eigenvalue weighted by molar-refractivity contribution is 5.96. The molecule has 1 aromatic carbocycles. The molecule has 24 heavy (non-hydrogen) atoms. The summed E-state index contributed by atoms with van der Waals surface area (Å²) in [5.74, 6) is -0.0658. The fourth-order valence-corrected chi connectivity index (χ4v) is 3.69. The third-order valence-corrected chi connectivity index (χ3v) is 4.88. The molecule has 2 fully saturated rings. The summed E-state index contributed by atoms with van der Waals surface area (Å²) in [4.78, 5) is 29.0. The Morgan fingerprint density at radius 2 is 2.00 bits per heavy atom. The Morgan fingerprint density at radius 3 is 2.67 bits per heavy atom. The summed E-state index contributed by atoms with van der Waals surface area (Å²) in [5, 5.41) is 5.00. The smallest absolute Gasteiger partial charge is 0.250 e. The average molecular weight is 329 g/mol. The summed E-state index contributed by atoms with van der Waals surface area (Å²) < 4.78 is 0. The number of hydrogen-bond acceptors (Lipinski definition) is 3. The number of carbonyl (C=O) groups excluding carboxylic acids is 2. The van der Waals surface area contributed by atoms with Crippen molar-refractivity contribution in [1.82, 2.24) is 10.2 Å². The van der Waals surface area contributed by atoms with Gasteiger partial charge < -0.3 is 20.4 Å². The van der Waals surface area contributed by atoms with E-state index in [1.165, 1.54) is 0 Å². The van der Waals surface area contributed by atoms with Crippen LogP contribution >= 0.6 is 0 Å². The molecule has 2 saturated heterocycles. The highest BCUT2D eigenvalue weighted by Crippen LogP contribution is 2.37. The molecule has 0 unspecified atom stereocenters. The van der Waals surface area contributed by atoms with Crippen LogP contribution in [0.3, 0.4) is 0 Å². The SMILES string of the molecule is C=CCNC(=O)CN1CN(c2ccccc2)C2(CC[NH2+]CC2)C1=O. The Kier molecular flexibility index (Phi) is 4.85. The summed E-state index contributed by atoms with van der Waals surface area (Å²) in [5.41, 5.74) is 0.538. The van der Waals surface area contributed by atoms with Gasteiger partial charge in [0.05, 0.1) is 19.8 Å². The van der Waals surface area contributed by atoms with Crippen LogP contribution in [0.15, 0.2) is 43.0 Å². The van der Waals surface area contributed by atoms with Crippen molar-refractivity contribution in [2.24, 2.45) is 0 Å². The molecule has 2 heterocycles. The van der Waals surface area contributed by atoms with Crippen LogP contribution in [0.2, 0.25) is 0 Å². The Hall–Kier alpha value is -2.34. The van der Waals surface area contributed by atoms with Crippen molar-refractivity contribution in [1.29, 1.82) is 0 Å². The number of piperidine rings is 1. The van der Waals surface area contributed by atoms with Crippen LogP contribution in [0.1, 0.15) is 12.8 Å². The second kappa shape index (κ2) is 7.05. The van der Waals surface area contributed by atoms with E-state index < -0.39 is 5.54 Å². The summed E-state index contributed by atoms with van der Waals surface area (Å²) in [6, 6.07) is 10.0. The summed E-state index contributed by atoms with van der Waals surface area (Å²) in [7, 11) is 0. The van der Waals surface area contributed by atoms with Gasteiger partial charge in [-0.15, -0.1) is 6.58 Å². The molecule has 0 aliphatic carbocycles. The van der Waals surface area contributed by atoms with E-state index in [4.69, 9.17) is 0 Å². The lowest BCUT2D eigenvalue weighted by Gasteiger charge is -2.38. The van der Waals surface area contributed by atoms with Gasteiger partial charge in [-0.05, 0) is 12.1 Å². The van der Waals surface area contributed by atoms with Crippen LogP contribution in [0, 0.1) is 0 Å². The van der Waals surface area contributed by atoms with E-state index in [1.807, 2.05) is 30.3 Å². The number of nitrogens with zero attached hydrogens (tertiary/aromatic N) is 2. The lowest BCUT2D eigenvalue weighted by molar-refractivity contribution is -0.664. The standard InChI is InChI=1S/C18H24N4O2/c1-2-10-20-16(23)13-21-14-22(15-6-4-3-5-7-15)18(17(21)24)8-11-19-12-9-18/h2-7,19H,1,8-14H2,(H,20,23)/p+1. The van der Waals surface area contributed by atoms with Crippen molar-refractivity contribution < 1.29 is 14.9 Å². The molecule has 1 spiro atoms. The second-order valence-corrected chi connectivity index (χ2v) is 6.40. The van der Waals surface area contributed by atoms with Crippen LogP contribution in [-0.2, 0) is 9.59 Å². The third kappa shape index (κ3) is 3.01. The maximum atomic E-state index is 13.1. The molecular formula is C18H25N4O2+. The zero-order valence-electron chi connectivity index (χ0n) is 13.9. The van der Waals surface area contributed by atoms with Gasteiger partial charge in [0.2, 0.25) is 5.91 Å². The van der Waals surface area contributed by atoms with Gasteiger partial charge in [-0.2, -0.15) is 0 Å². The zero-order valence-corrected chi connectivity index (χ0v) is 13.9. The van der Waals surface area contributed by atoms with E-state index in [0.29, 0.717) is 13.2 Å². The van der Waals surface area contributed by atoms with Gasteiger partial charge in [0, 0.05) is 25.1 Å². The van der Waals surface area contributed by atoms with Crippen molar-refractivity contribution in [2.75, 3.05) is 37.7 Å². The maximum absolute atomic E-state index is 13.1. The molecule has 2 aliphatic heterocycles. The van der Waals surface area contributed by atoms with Crippen molar-refractivity contribution in [3.63, 3.8) is 0 Å². The van der Waals surface area contributed by atoms with Crippen LogP contribution < -0.4 is 15.5 Å². The molecule has 0 saturated carbocycles. The fourth-order valence-electron chi connectivity index (χ4n) is 3.69. The molecule has 0 aromatic heterocycles. The predicted molar refractivity (Wildman–Crippen MR) is 92.3 cm³/mol. The monoisotopic (exact) mass is 329 g/mol. The zero-order chi connectivity index (χ0) is 17.0. The lowest BCUT2D eigenvalue weighted by atomic mass is 9.86. The quantitative estimate of drug-likeness (QED) is 0.728. The molecule has 1 aromatic rings. The van der Waals surface area contributed by atoms with E-state index in [-0.39, 0.29) is 18.4 Å². The molecule has 3 rings (SSSR count). The normalized spacial score (nSPS) is 19.6. The molecule has 0 radical (unpaired) electrons. The van der Waals surface area contributed by atoms with Gasteiger partial charge >= 0.3 is 0 Å². The summed E-state index contributed by atoms with van der Waals surface area (Å²) in [6.45, 7) is 6.45. The number of quaternary nitrogens is 1. The van der Waals surface area contributed by atoms with E-state index in [1.54, 1.807) is 11.0 Å². The minimum atomic E-state index is -0.505. The van der Waals surface area contributed by atoms with E-state index in [0.717, 1.165) is 31.6 Å². The van der Waals surface area contributed by atoms with Gasteiger partial charge in [0.1, 0.15) is 12.1 Å². The van der Waals surface area contributed by atoms with Crippen molar-refractivity contribution in [3.8, 4) is 0 Å². The van der Waals surface area contributed by atoms with Crippen LogP contribution in [0.4, 0.5) is 5.69 Å². The number of para-hydroxylation sites is 1. The van der Waals surface area contributed by atoms with Gasteiger partial charge in [-0.3, -0.25) is 9.59 Å². The molecular weight excluding hydrogens is 304 g/mol. The minimum Gasteiger partial charge on any atom is -0.351 e. The topological polar surface area (TPSA) is 69.3 Å². The maximum Gasteiger partial charge on any atom is 0.250 e. The Balaban J connectivity index is 1.83. The fraction of sp³-hybridized carbons (Fsp3) is 0.444. The first-order valence-corrected chi connectivity index (χ1v) is 8.49. The lowest BCUT2D eigenvalue weighted by Crippen LogP contribution is -2.89. The van der Waals surface area contributed by atoms with Crippen LogP contribution in [0.25, 0.3) is 0 Å². The molecule has 2 aliphatic rings. The van der Waals surface area contributed by atoms with Crippen LogP contribution in [0.5, 0.6) is 0 Å². The van der Waals surface area contributed by atoms with Crippen molar-refractivity contribution >= 4 is 17.5 Å². The van der Waals surface area contributed by atoms with Gasteiger partial charge in [0.25, 0.3) is 5.91 Å². The average Bonchev–Trinajstić information content (AvgIpc) is 2.87. The number of rotatable bonds is 5. The van der Waals surface area contributed by atoms with Crippen molar-refractivity contribution in [3.05, 3.63) is 43.0 Å². The second-order valence-electron chi connectivity index (χ2n) is 6.40. The first-order chi connectivity index (χ1) is 11.7. The highest BCUT2D eigenvalue weighted by atomic mass is 16.2. The van der Waals surface area contributed by atoms with Crippen molar-refractivity contribution in [2.45, 2.75) is 18.4 Å². The van der Waals surface area contributed by atoms with Crippen LogP contribution in [-0.4, -0.2) is 55.1 Å². The molecule has 128 valence electrons. The van der Waals surface area contributed by atoms with E-state index in [9.17, 15) is 9.59 Å². The minimum absolute atomic E-state index is 0.0770. The molecule has 2 amide bonds. The Labute approximate surface area is 142 Å². The largest absolute Gasteiger partial charge is 0.351 e. The molecule has 6 nitrogen and oxygen atoms in total. The van der Waals surface area contributed by atoms with E-state index in [2.05, 4.69) is 22.1 Å². The number of nitrogens with two attached hydrogens (primary N) is 1. The highest BCUT2D eigenvalue weighted by Gasteiger charge is 2.54. The molecule has 3 N–H and O–H groups in total. The number of carbonyl (C=O) groups is 2. The number of hydrogen-bond donors (Lipinski definition) is 2. The first-order valence-electron chi connectivity index (χ1n) is 8.49. The molecule has 6 heteroatoms. The predicted octanol–water partition coefficient (Wildman–Crippen LogP) is -0.309. The van der Waals surface area contributed by atoms with Gasteiger partial charge in [0.15, 0.2) is 0 Å².